The summed E-state index contributed by atoms with van der Waals surface area (Å²) >= 11 is 0. The third kappa shape index (κ3) is 4.13. The van der Waals surface area contributed by atoms with Crippen molar-refractivity contribution < 1.29 is 26.3 Å². The molecule has 142 valence electrons. The summed E-state index contributed by atoms with van der Waals surface area (Å²) < 4.78 is 77.9. The first-order chi connectivity index (χ1) is 12.6. The molecule has 3 nitrogen and oxygen atoms in total. The lowest BCUT2D eigenvalue weighted by Crippen LogP contribution is -2.12. The van der Waals surface area contributed by atoms with Crippen LogP contribution in [0.15, 0.2) is 54.6 Å². The number of benzene rings is 2. The minimum atomic E-state index is -4.92. The minimum Gasteiger partial charge on any atom is -0.319 e. The Labute approximate surface area is 149 Å². The molecule has 3 rings (SSSR count). The number of nitrogens with one attached hydrogen (secondary N) is 1. The fraction of sp³-hybridized carbons (Fsp3) is 0.167. The van der Waals surface area contributed by atoms with Gasteiger partial charge in [-0.3, -0.25) is 5.10 Å². The van der Waals surface area contributed by atoms with Gasteiger partial charge >= 0.3 is 12.4 Å². The second-order valence-corrected chi connectivity index (χ2v) is 5.89. The molecule has 1 unspecified atom stereocenters. The van der Waals surface area contributed by atoms with Gasteiger partial charge in [-0.2, -0.15) is 31.4 Å². The molecule has 1 heterocycles. The Hall–Kier alpha value is -2.81. The Morgan fingerprint density at radius 3 is 1.89 bits per heavy atom. The van der Waals surface area contributed by atoms with Crippen LogP contribution in [-0.4, -0.2) is 10.2 Å². The van der Waals surface area contributed by atoms with Gasteiger partial charge in [0.15, 0.2) is 0 Å². The summed E-state index contributed by atoms with van der Waals surface area (Å²) in [7, 11) is 0. The molecule has 9 heteroatoms. The minimum absolute atomic E-state index is 0.0621. The van der Waals surface area contributed by atoms with Crippen molar-refractivity contribution in [3.05, 3.63) is 77.0 Å². The van der Waals surface area contributed by atoms with Gasteiger partial charge in [0, 0.05) is 5.56 Å². The van der Waals surface area contributed by atoms with E-state index in [9.17, 15) is 26.3 Å². The predicted octanol–water partition coefficient (Wildman–Crippen LogP) is 5.16. The molecular formula is C18H13F6N3. The zero-order chi connectivity index (χ0) is 19.8. The van der Waals surface area contributed by atoms with Crippen molar-refractivity contribution in [3.8, 4) is 11.3 Å². The van der Waals surface area contributed by atoms with Crippen LogP contribution in [-0.2, 0) is 12.4 Å². The number of nitrogens with zero attached hydrogens (tertiary/aromatic N) is 1. The van der Waals surface area contributed by atoms with Crippen LogP contribution in [0.2, 0.25) is 0 Å². The number of rotatable bonds is 3. The molecule has 3 aromatic rings. The van der Waals surface area contributed by atoms with Crippen LogP contribution >= 0.6 is 0 Å². The van der Waals surface area contributed by atoms with Crippen molar-refractivity contribution in [2.75, 3.05) is 0 Å². The Kier molecular flexibility index (Phi) is 4.73. The first-order valence-electron chi connectivity index (χ1n) is 7.71. The zero-order valence-electron chi connectivity index (χ0n) is 13.6. The molecular weight excluding hydrogens is 372 g/mol. The fourth-order valence-corrected chi connectivity index (χ4v) is 2.59. The summed E-state index contributed by atoms with van der Waals surface area (Å²) in [4.78, 5) is 0. The molecule has 1 atom stereocenters. The fourth-order valence-electron chi connectivity index (χ4n) is 2.59. The molecule has 0 aliphatic rings. The second-order valence-electron chi connectivity index (χ2n) is 5.89. The summed E-state index contributed by atoms with van der Waals surface area (Å²) in [5.41, 5.74) is 3.99. The topological polar surface area (TPSA) is 54.7 Å². The largest absolute Gasteiger partial charge is 0.416 e. The quantitative estimate of drug-likeness (QED) is 0.612. The smallest absolute Gasteiger partial charge is 0.319 e. The van der Waals surface area contributed by atoms with Crippen molar-refractivity contribution in [1.82, 2.24) is 10.2 Å². The first-order valence-corrected chi connectivity index (χ1v) is 7.71. The van der Waals surface area contributed by atoms with E-state index in [2.05, 4.69) is 10.2 Å². The summed E-state index contributed by atoms with van der Waals surface area (Å²) in [5, 5.41) is 6.42. The van der Waals surface area contributed by atoms with Crippen LogP contribution in [0.3, 0.4) is 0 Å². The van der Waals surface area contributed by atoms with Gasteiger partial charge in [-0.25, -0.2) is 0 Å². The summed E-state index contributed by atoms with van der Waals surface area (Å²) in [6.45, 7) is 0. The lowest BCUT2D eigenvalue weighted by molar-refractivity contribution is -0.143. The van der Waals surface area contributed by atoms with Crippen molar-refractivity contribution in [2.24, 2.45) is 5.73 Å². The number of aromatic amines is 1. The molecule has 0 bridgehead atoms. The van der Waals surface area contributed by atoms with Crippen LogP contribution in [0.25, 0.3) is 11.3 Å². The van der Waals surface area contributed by atoms with Crippen molar-refractivity contribution >= 4 is 0 Å². The summed E-state index contributed by atoms with van der Waals surface area (Å²) in [5.74, 6) is 0. The lowest BCUT2D eigenvalue weighted by Gasteiger charge is -2.13. The maximum absolute atomic E-state index is 13.0. The van der Waals surface area contributed by atoms with E-state index in [1.807, 2.05) is 0 Å². The normalized spacial score (nSPS) is 13.6. The molecule has 1 aromatic heterocycles. The van der Waals surface area contributed by atoms with Gasteiger partial charge < -0.3 is 5.73 Å². The molecule has 3 N–H and O–H groups in total. The Balaban J connectivity index is 2.03. The number of alkyl halides is 6. The Bertz CT molecular complexity index is 896. The van der Waals surface area contributed by atoms with E-state index in [0.29, 0.717) is 23.4 Å². The van der Waals surface area contributed by atoms with Crippen molar-refractivity contribution in [1.29, 1.82) is 0 Å². The average Bonchev–Trinajstić information content (AvgIpc) is 3.10. The number of hydrogen-bond acceptors (Lipinski definition) is 2. The van der Waals surface area contributed by atoms with E-state index in [0.717, 1.165) is 0 Å². The SMILES string of the molecule is NC(c1ccccc1)c1cc(-c2cc(C(F)(F)F)cc(C(F)(F)F)c2)n[nH]1. The highest BCUT2D eigenvalue weighted by Crippen LogP contribution is 2.38. The molecule has 0 radical (unpaired) electrons. The first kappa shape index (κ1) is 19.0. The van der Waals surface area contributed by atoms with Gasteiger partial charge in [0.25, 0.3) is 0 Å². The standard InChI is InChI=1S/C18H13F6N3/c19-17(20,21)12-6-11(7-13(8-12)18(22,23)24)14-9-15(27-26-14)16(25)10-4-2-1-3-5-10/h1-9,16H,25H2,(H,26,27). The van der Waals surface area contributed by atoms with E-state index in [1.54, 1.807) is 30.3 Å². The third-order valence-electron chi connectivity index (χ3n) is 3.97. The number of aromatic nitrogens is 2. The molecule has 0 saturated carbocycles. The summed E-state index contributed by atoms with van der Waals surface area (Å²) in [6, 6.07) is 10.8. The highest BCUT2D eigenvalue weighted by Gasteiger charge is 2.37. The van der Waals surface area contributed by atoms with Gasteiger partial charge in [0.2, 0.25) is 0 Å². The van der Waals surface area contributed by atoms with Crippen LogP contribution in [0.5, 0.6) is 0 Å². The molecule has 2 aromatic carbocycles. The van der Waals surface area contributed by atoms with E-state index >= 15 is 0 Å². The van der Waals surface area contributed by atoms with Crippen LogP contribution in [0.4, 0.5) is 26.3 Å². The van der Waals surface area contributed by atoms with Gasteiger partial charge in [-0.05, 0) is 29.8 Å². The molecule has 0 fully saturated rings. The molecule has 0 amide bonds. The zero-order valence-corrected chi connectivity index (χ0v) is 13.6. The number of hydrogen-bond donors (Lipinski definition) is 2. The highest BCUT2D eigenvalue weighted by molar-refractivity contribution is 5.62. The van der Waals surface area contributed by atoms with E-state index in [1.165, 1.54) is 6.07 Å². The number of halogens is 6. The monoisotopic (exact) mass is 385 g/mol. The number of H-pyrrole nitrogens is 1. The van der Waals surface area contributed by atoms with Crippen LogP contribution in [0.1, 0.15) is 28.4 Å². The predicted molar refractivity (Wildman–Crippen MR) is 86.5 cm³/mol. The van der Waals surface area contributed by atoms with Gasteiger partial charge in [-0.1, -0.05) is 30.3 Å². The molecule has 0 aliphatic carbocycles. The lowest BCUT2D eigenvalue weighted by atomic mass is 10.0. The maximum Gasteiger partial charge on any atom is 0.416 e. The maximum atomic E-state index is 13.0. The highest BCUT2D eigenvalue weighted by atomic mass is 19.4. The van der Waals surface area contributed by atoms with Gasteiger partial charge in [0.1, 0.15) is 0 Å². The molecule has 27 heavy (non-hydrogen) atoms. The third-order valence-corrected chi connectivity index (χ3v) is 3.97. The molecule has 0 saturated heterocycles. The van der Waals surface area contributed by atoms with Crippen molar-refractivity contribution in [3.63, 3.8) is 0 Å². The van der Waals surface area contributed by atoms with Gasteiger partial charge in [0.05, 0.1) is 28.6 Å². The molecule has 0 spiro atoms. The van der Waals surface area contributed by atoms with Crippen molar-refractivity contribution in [2.45, 2.75) is 18.4 Å². The molecule has 0 aliphatic heterocycles. The Morgan fingerprint density at radius 1 is 0.815 bits per heavy atom. The Morgan fingerprint density at radius 2 is 1.37 bits per heavy atom. The summed E-state index contributed by atoms with van der Waals surface area (Å²) in [6.07, 6.45) is -9.84. The van der Waals surface area contributed by atoms with Gasteiger partial charge in [-0.15, -0.1) is 0 Å². The average molecular weight is 385 g/mol. The van der Waals surface area contributed by atoms with E-state index in [-0.39, 0.29) is 17.3 Å². The van der Waals surface area contributed by atoms with E-state index in [4.69, 9.17) is 5.73 Å². The second kappa shape index (κ2) is 6.73. The van der Waals surface area contributed by atoms with Crippen LogP contribution < -0.4 is 5.73 Å². The van der Waals surface area contributed by atoms with Crippen LogP contribution in [0, 0.1) is 0 Å². The number of nitrogens with two attached hydrogens (primary N) is 1. The van der Waals surface area contributed by atoms with E-state index < -0.39 is 29.5 Å².